The molecular formula is C24H24Cl2N6S. The summed E-state index contributed by atoms with van der Waals surface area (Å²) in [5.74, 6) is 0.664. The van der Waals surface area contributed by atoms with Crippen molar-refractivity contribution in [1.29, 1.82) is 0 Å². The fraction of sp³-hybridized carbons (Fsp3) is 0.208. The third-order valence-electron chi connectivity index (χ3n) is 5.33. The summed E-state index contributed by atoms with van der Waals surface area (Å²) in [4.78, 5) is 0. The molecule has 2 heterocycles. The van der Waals surface area contributed by atoms with Crippen LogP contribution in [0, 0.1) is 20.8 Å². The molecule has 0 saturated heterocycles. The van der Waals surface area contributed by atoms with Gasteiger partial charge in [0.15, 0.2) is 10.9 Å². The summed E-state index contributed by atoms with van der Waals surface area (Å²) in [5.41, 5.74) is 6.00. The minimum Gasteiger partial charge on any atom is -0.329 e. The van der Waals surface area contributed by atoms with Crippen molar-refractivity contribution in [2.45, 2.75) is 33.9 Å². The second-order valence-corrected chi connectivity index (χ2v) is 9.07. The number of nitrogens with one attached hydrogen (secondary N) is 2. The Bertz CT molecular complexity index is 1300. The molecule has 2 aromatic carbocycles. The molecule has 6 nitrogen and oxygen atoms in total. The molecule has 2 aromatic heterocycles. The number of hydrogen-bond acceptors (Lipinski definition) is 3. The van der Waals surface area contributed by atoms with Crippen LogP contribution in [0.25, 0.3) is 0 Å². The molecule has 9 heteroatoms. The van der Waals surface area contributed by atoms with Crippen molar-refractivity contribution in [1.82, 2.24) is 19.6 Å². The van der Waals surface area contributed by atoms with Gasteiger partial charge in [-0.1, -0.05) is 59.6 Å². The van der Waals surface area contributed by atoms with Gasteiger partial charge in [-0.3, -0.25) is 9.36 Å². The Hall–Kier alpha value is -2.87. The van der Waals surface area contributed by atoms with E-state index in [-0.39, 0.29) is 0 Å². The van der Waals surface area contributed by atoms with Gasteiger partial charge in [0.25, 0.3) is 0 Å². The molecule has 0 saturated carbocycles. The van der Waals surface area contributed by atoms with E-state index in [1.807, 2.05) is 66.5 Å². The van der Waals surface area contributed by atoms with E-state index in [0.717, 1.165) is 28.3 Å². The van der Waals surface area contributed by atoms with Crippen LogP contribution in [0.15, 0.2) is 54.6 Å². The topological polar surface area (TPSA) is 59.7 Å². The lowest BCUT2D eigenvalue weighted by molar-refractivity contribution is 0.659. The number of rotatable bonds is 6. The SMILES string of the molecule is Cc1nn(Cc2ccccc2)c(C)c1NC(=S)Nc1cc(C)n(Cc2ccc(Cl)c(Cl)c2)n1. The zero-order valence-electron chi connectivity index (χ0n) is 18.6. The number of thiocarbonyl (C=S) groups is 1. The highest BCUT2D eigenvalue weighted by atomic mass is 35.5. The van der Waals surface area contributed by atoms with Crippen molar-refractivity contribution >= 4 is 52.0 Å². The van der Waals surface area contributed by atoms with E-state index < -0.39 is 0 Å². The Morgan fingerprint density at radius 3 is 2.30 bits per heavy atom. The van der Waals surface area contributed by atoms with Gasteiger partial charge in [0.1, 0.15) is 0 Å². The number of aryl methyl sites for hydroxylation is 2. The van der Waals surface area contributed by atoms with Gasteiger partial charge in [-0.05, 0) is 56.2 Å². The predicted molar refractivity (Wildman–Crippen MR) is 140 cm³/mol. The summed E-state index contributed by atoms with van der Waals surface area (Å²) in [5, 5.41) is 17.3. The number of anilines is 2. The normalized spacial score (nSPS) is 10.9. The third kappa shape index (κ3) is 5.55. The standard InChI is InChI=1S/C24H24Cl2N6S/c1-15-11-22(30-31(15)14-19-9-10-20(25)21(26)12-19)27-24(33)28-23-16(2)29-32(17(23)3)13-18-7-5-4-6-8-18/h4-12H,13-14H2,1-3H3,(H2,27,28,30,33). The molecule has 4 rings (SSSR count). The van der Waals surface area contributed by atoms with Crippen LogP contribution in [0.1, 0.15) is 28.2 Å². The molecule has 170 valence electrons. The first-order valence-electron chi connectivity index (χ1n) is 10.4. The molecule has 0 atom stereocenters. The number of halogens is 2. The highest BCUT2D eigenvalue weighted by Crippen LogP contribution is 2.24. The Labute approximate surface area is 208 Å². The van der Waals surface area contributed by atoms with E-state index >= 15 is 0 Å². The molecule has 4 aromatic rings. The highest BCUT2D eigenvalue weighted by molar-refractivity contribution is 7.80. The Balaban J connectivity index is 1.43. The van der Waals surface area contributed by atoms with Crippen LogP contribution in [0.3, 0.4) is 0 Å². The van der Waals surface area contributed by atoms with Crippen LogP contribution in [0.2, 0.25) is 10.0 Å². The van der Waals surface area contributed by atoms with E-state index in [9.17, 15) is 0 Å². The molecule has 0 amide bonds. The first kappa shape index (κ1) is 23.3. The number of aromatic nitrogens is 4. The Morgan fingerprint density at radius 1 is 0.848 bits per heavy atom. The molecule has 0 aliphatic rings. The van der Waals surface area contributed by atoms with E-state index in [4.69, 9.17) is 35.4 Å². The van der Waals surface area contributed by atoms with Crippen molar-refractivity contribution in [2.24, 2.45) is 0 Å². The lowest BCUT2D eigenvalue weighted by Gasteiger charge is -2.10. The maximum Gasteiger partial charge on any atom is 0.176 e. The molecule has 0 spiro atoms. The van der Waals surface area contributed by atoms with Gasteiger partial charge in [-0.25, -0.2) is 0 Å². The summed E-state index contributed by atoms with van der Waals surface area (Å²) in [6, 6.07) is 17.8. The largest absolute Gasteiger partial charge is 0.329 e. The number of nitrogens with zero attached hydrogens (tertiary/aromatic N) is 4. The minimum atomic E-state index is 0.458. The van der Waals surface area contributed by atoms with Gasteiger partial charge in [0.2, 0.25) is 0 Å². The molecule has 0 bridgehead atoms. The van der Waals surface area contributed by atoms with Crippen molar-refractivity contribution in [3.05, 3.63) is 92.9 Å². The second kappa shape index (κ2) is 9.95. The molecule has 0 radical (unpaired) electrons. The fourth-order valence-electron chi connectivity index (χ4n) is 3.59. The van der Waals surface area contributed by atoms with Gasteiger partial charge in [-0.2, -0.15) is 10.2 Å². The first-order valence-corrected chi connectivity index (χ1v) is 11.6. The smallest absolute Gasteiger partial charge is 0.176 e. The zero-order chi connectivity index (χ0) is 23.5. The van der Waals surface area contributed by atoms with Crippen LogP contribution in [0.4, 0.5) is 11.5 Å². The average molecular weight is 499 g/mol. The Kier molecular flexibility index (Phi) is 7.02. The zero-order valence-corrected chi connectivity index (χ0v) is 20.9. The van der Waals surface area contributed by atoms with Gasteiger partial charge < -0.3 is 10.6 Å². The molecule has 0 fully saturated rings. The van der Waals surface area contributed by atoms with Gasteiger partial charge in [0, 0.05) is 11.8 Å². The average Bonchev–Trinajstić information content (AvgIpc) is 3.24. The van der Waals surface area contributed by atoms with Crippen LogP contribution in [-0.2, 0) is 13.1 Å². The van der Waals surface area contributed by atoms with Crippen molar-refractivity contribution in [2.75, 3.05) is 10.6 Å². The third-order valence-corrected chi connectivity index (χ3v) is 6.28. The summed E-state index contributed by atoms with van der Waals surface area (Å²) < 4.78 is 3.87. The van der Waals surface area contributed by atoms with E-state index in [0.29, 0.717) is 34.1 Å². The second-order valence-electron chi connectivity index (χ2n) is 7.85. The fourth-order valence-corrected chi connectivity index (χ4v) is 4.12. The summed E-state index contributed by atoms with van der Waals surface area (Å²) >= 11 is 17.7. The lowest BCUT2D eigenvalue weighted by atomic mass is 10.2. The van der Waals surface area contributed by atoms with Gasteiger partial charge >= 0.3 is 0 Å². The number of benzene rings is 2. The van der Waals surface area contributed by atoms with E-state index in [2.05, 4.69) is 33.0 Å². The maximum atomic E-state index is 6.14. The monoisotopic (exact) mass is 498 g/mol. The molecule has 33 heavy (non-hydrogen) atoms. The summed E-state index contributed by atoms with van der Waals surface area (Å²) in [7, 11) is 0. The summed E-state index contributed by atoms with van der Waals surface area (Å²) in [6.45, 7) is 7.27. The molecule has 2 N–H and O–H groups in total. The van der Waals surface area contributed by atoms with Crippen LogP contribution < -0.4 is 10.6 Å². The van der Waals surface area contributed by atoms with Crippen LogP contribution in [-0.4, -0.2) is 24.7 Å². The van der Waals surface area contributed by atoms with Crippen LogP contribution in [0.5, 0.6) is 0 Å². The van der Waals surface area contributed by atoms with Gasteiger partial charge in [-0.15, -0.1) is 0 Å². The van der Waals surface area contributed by atoms with Crippen molar-refractivity contribution in [3.63, 3.8) is 0 Å². The molecular weight excluding hydrogens is 475 g/mol. The first-order chi connectivity index (χ1) is 15.8. The predicted octanol–water partition coefficient (Wildman–Crippen LogP) is 6.22. The summed E-state index contributed by atoms with van der Waals surface area (Å²) in [6.07, 6.45) is 0. The van der Waals surface area contributed by atoms with Crippen LogP contribution >= 0.6 is 35.4 Å². The van der Waals surface area contributed by atoms with E-state index in [1.165, 1.54) is 5.56 Å². The molecule has 0 unspecified atom stereocenters. The highest BCUT2D eigenvalue weighted by Gasteiger charge is 2.14. The number of hydrogen-bond donors (Lipinski definition) is 2. The Morgan fingerprint density at radius 2 is 1.58 bits per heavy atom. The lowest BCUT2D eigenvalue weighted by Crippen LogP contribution is -2.20. The van der Waals surface area contributed by atoms with E-state index in [1.54, 1.807) is 6.07 Å². The van der Waals surface area contributed by atoms with Crippen molar-refractivity contribution < 1.29 is 0 Å². The molecule has 0 aliphatic heterocycles. The quantitative estimate of drug-likeness (QED) is 0.309. The van der Waals surface area contributed by atoms with Crippen molar-refractivity contribution in [3.8, 4) is 0 Å². The van der Waals surface area contributed by atoms with Gasteiger partial charge in [0.05, 0.1) is 40.2 Å². The molecule has 0 aliphatic carbocycles. The minimum absolute atomic E-state index is 0.458. The maximum absolute atomic E-state index is 6.14.